The average Bonchev–Trinajstić information content (AvgIpc) is 2.81. The lowest BCUT2D eigenvalue weighted by Gasteiger charge is -1.95. The summed E-state index contributed by atoms with van der Waals surface area (Å²) in [6.45, 7) is 1.97. The van der Waals surface area contributed by atoms with Crippen molar-refractivity contribution in [1.82, 2.24) is 15.2 Å². The van der Waals surface area contributed by atoms with Crippen LogP contribution < -0.4 is 0 Å². The highest BCUT2D eigenvalue weighted by atomic mass is 79.9. The molecular weight excluding hydrogens is 322 g/mol. The van der Waals surface area contributed by atoms with E-state index in [-0.39, 0.29) is 17.7 Å². The van der Waals surface area contributed by atoms with Crippen molar-refractivity contribution in [2.24, 2.45) is 0 Å². The zero-order valence-corrected chi connectivity index (χ0v) is 11.7. The molecule has 0 aliphatic rings. The number of hydrogen-bond donors (Lipinski definition) is 0. The van der Waals surface area contributed by atoms with Gasteiger partial charge in [-0.05, 0) is 46.7 Å². The number of esters is 1. The zero-order valence-electron chi connectivity index (χ0n) is 9.29. The summed E-state index contributed by atoms with van der Waals surface area (Å²) in [6, 6.07) is 3.64. The minimum Gasteiger partial charge on any atom is -0.459 e. The maximum atomic E-state index is 11.3. The number of carbonyl (C=O) groups excluding carboxylic acids is 1. The molecule has 0 aliphatic carbocycles. The lowest BCUT2D eigenvalue weighted by atomic mass is 10.5. The van der Waals surface area contributed by atoms with Crippen molar-refractivity contribution in [3.05, 3.63) is 28.7 Å². The van der Waals surface area contributed by atoms with E-state index in [1.807, 2.05) is 6.07 Å². The van der Waals surface area contributed by atoms with Crippen molar-refractivity contribution in [2.45, 2.75) is 17.2 Å². The van der Waals surface area contributed by atoms with Crippen molar-refractivity contribution in [3.63, 3.8) is 0 Å². The fraction of sp³-hybridized carbons (Fsp3) is 0.200. The molecule has 6 nitrogen and oxygen atoms in total. The van der Waals surface area contributed by atoms with Gasteiger partial charge in [0.2, 0.25) is 0 Å². The van der Waals surface area contributed by atoms with E-state index in [4.69, 9.17) is 9.15 Å². The second kappa shape index (κ2) is 5.96. The molecule has 0 amide bonds. The predicted molar refractivity (Wildman–Crippen MR) is 66.3 cm³/mol. The van der Waals surface area contributed by atoms with Gasteiger partial charge in [-0.15, -0.1) is 5.10 Å². The smallest absolute Gasteiger partial charge is 0.396 e. The molecule has 0 aromatic carbocycles. The van der Waals surface area contributed by atoms with Crippen LogP contribution in [0.4, 0.5) is 0 Å². The Bertz CT molecular complexity index is 544. The van der Waals surface area contributed by atoms with Gasteiger partial charge in [-0.1, -0.05) is 5.10 Å². The van der Waals surface area contributed by atoms with Gasteiger partial charge in [-0.2, -0.15) is 0 Å². The highest BCUT2D eigenvalue weighted by Gasteiger charge is 2.16. The largest absolute Gasteiger partial charge is 0.459 e. The lowest BCUT2D eigenvalue weighted by molar-refractivity contribution is 0.0475. The Balaban J connectivity index is 2.06. The predicted octanol–water partition coefficient (Wildman–Crippen LogP) is 2.56. The SMILES string of the molecule is CCOC(=O)c1nnc(Sc2ccc(Br)cn2)o1. The highest BCUT2D eigenvalue weighted by Crippen LogP contribution is 2.25. The van der Waals surface area contributed by atoms with Crippen molar-refractivity contribution in [2.75, 3.05) is 6.61 Å². The standard InChI is InChI=1S/C10H8BrN3O3S/c1-2-16-9(15)8-13-14-10(17-8)18-7-4-3-6(11)5-12-7/h3-5H,2H2,1H3. The zero-order chi connectivity index (χ0) is 13.0. The summed E-state index contributed by atoms with van der Waals surface area (Å²) in [5, 5.41) is 8.27. The number of ether oxygens (including phenoxy) is 1. The number of halogens is 1. The molecule has 94 valence electrons. The van der Waals surface area contributed by atoms with Crippen LogP contribution in [0.2, 0.25) is 0 Å². The molecule has 8 heteroatoms. The molecule has 0 unspecified atom stereocenters. The monoisotopic (exact) mass is 329 g/mol. The average molecular weight is 330 g/mol. The topological polar surface area (TPSA) is 78.1 Å². The molecule has 2 heterocycles. The Labute approximate surface area is 115 Å². The molecule has 2 aromatic heterocycles. The summed E-state index contributed by atoms with van der Waals surface area (Å²) in [6.07, 6.45) is 1.66. The molecule has 0 saturated heterocycles. The third kappa shape index (κ3) is 3.30. The Morgan fingerprint density at radius 2 is 2.33 bits per heavy atom. The van der Waals surface area contributed by atoms with Gasteiger partial charge in [0.15, 0.2) is 0 Å². The van der Waals surface area contributed by atoms with E-state index < -0.39 is 5.97 Å². The van der Waals surface area contributed by atoms with Gasteiger partial charge in [-0.3, -0.25) is 0 Å². The van der Waals surface area contributed by atoms with Gasteiger partial charge in [0.05, 0.1) is 6.61 Å². The summed E-state index contributed by atoms with van der Waals surface area (Å²) in [4.78, 5) is 15.4. The van der Waals surface area contributed by atoms with Gasteiger partial charge in [0.1, 0.15) is 5.03 Å². The Kier molecular flexibility index (Phi) is 4.32. The number of nitrogens with zero attached hydrogens (tertiary/aromatic N) is 3. The Morgan fingerprint density at radius 1 is 1.50 bits per heavy atom. The van der Waals surface area contributed by atoms with Crippen LogP contribution in [0.25, 0.3) is 0 Å². The minimum absolute atomic E-state index is 0.156. The normalized spacial score (nSPS) is 10.3. The van der Waals surface area contributed by atoms with Gasteiger partial charge in [-0.25, -0.2) is 9.78 Å². The molecule has 0 radical (unpaired) electrons. The first kappa shape index (κ1) is 13.0. The summed E-state index contributed by atoms with van der Waals surface area (Å²) in [7, 11) is 0. The third-order valence-electron chi connectivity index (χ3n) is 1.75. The van der Waals surface area contributed by atoms with Crippen LogP contribution in [-0.4, -0.2) is 27.8 Å². The number of carbonyl (C=O) groups is 1. The van der Waals surface area contributed by atoms with Crippen molar-refractivity contribution in [1.29, 1.82) is 0 Å². The fourth-order valence-electron chi connectivity index (χ4n) is 1.04. The summed E-state index contributed by atoms with van der Waals surface area (Å²) in [5.74, 6) is -0.780. The van der Waals surface area contributed by atoms with Crippen LogP contribution >= 0.6 is 27.7 Å². The molecule has 0 atom stereocenters. The molecular formula is C10H8BrN3O3S. The number of aromatic nitrogens is 3. The van der Waals surface area contributed by atoms with E-state index >= 15 is 0 Å². The lowest BCUT2D eigenvalue weighted by Crippen LogP contribution is -2.04. The van der Waals surface area contributed by atoms with Gasteiger partial charge in [0.25, 0.3) is 5.22 Å². The minimum atomic E-state index is -0.624. The molecule has 0 N–H and O–H groups in total. The maximum Gasteiger partial charge on any atom is 0.396 e. The molecule has 2 rings (SSSR count). The first-order valence-electron chi connectivity index (χ1n) is 4.99. The number of hydrogen-bond acceptors (Lipinski definition) is 7. The van der Waals surface area contributed by atoms with Gasteiger partial charge >= 0.3 is 11.9 Å². The third-order valence-corrected chi connectivity index (χ3v) is 3.01. The van der Waals surface area contributed by atoms with Crippen LogP contribution in [-0.2, 0) is 4.74 Å². The van der Waals surface area contributed by atoms with Crippen LogP contribution in [0.1, 0.15) is 17.6 Å². The van der Waals surface area contributed by atoms with Crippen LogP contribution in [0, 0.1) is 0 Å². The Hall–Kier alpha value is -1.41. The van der Waals surface area contributed by atoms with Gasteiger partial charge < -0.3 is 9.15 Å². The summed E-state index contributed by atoms with van der Waals surface area (Å²) in [5.41, 5.74) is 0. The van der Waals surface area contributed by atoms with Crippen LogP contribution in [0.3, 0.4) is 0 Å². The molecule has 0 spiro atoms. The van der Waals surface area contributed by atoms with E-state index in [1.54, 1.807) is 19.2 Å². The quantitative estimate of drug-likeness (QED) is 0.797. The van der Waals surface area contributed by atoms with Crippen molar-refractivity contribution in [3.8, 4) is 0 Å². The number of rotatable bonds is 4. The first-order valence-corrected chi connectivity index (χ1v) is 6.60. The molecule has 0 saturated carbocycles. The van der Waals surface area contributed by atoms with Gasteiger partial charge in [0, 0.05) is 10.7 Å². The molecule has 0 bridgehead atoms. The second-order valence-corrected chi connectivity index (χ2v) is 4.90. The van der Waals surface area contributed by atoms with Crippen molar-refractivity contribution >= 4 is 33.7 Å². The second-order valence-electron chi connectivity index (χ2n) is 3.01. The summed E-state index contributed by atoms with van der Waals surface area (Å²) < 4.78 is 10.8. The molecule has 0 fully saturated rings. The van der Waals surface area contributed by atoms with Crippen molar-refractivity contribution < 1.29 is 13.9 Å². The van der Waals surface area contributed by atoms with E-state index in [0.717, 1.165) is 4.47 Å². The van der Waals surface area contributed by atoms with E-state index in [1.165, 1.54) is 11.8 Å². The molecule has 0 aliphatic heterocycles. The summed E-state index contributed by atoms with van der Waals surface area (Å²) >= 11 is 4.46. The highest BCUT2D eigenvalue weighted by molar-refractivity contribution is 9.10. The maximum absolute atomic E-state index is 11.3. The number of pyridine rings is 1. The first-order chi connectivity index (χ1) is 8.69. The fourth-order valence-corrected chi connectivity index (χ4v) is 1.90. The Morgan fingerprint density at radius 3 is 3.00 bits per heavy atom. The van der Waals surface area contributed by atoms with E-state index in [0.29, 0.717) is 5.03 Å². The van der Waals surface area contributed by atoms with E-state index in [9.17, 15) is 4.79 Å². The molecule has 18 heavy (non-hydrogen) atoms. The van der Waals surface area contributed by atoms with Crippen LogP contribution in [0.5, 0.6) is 0 Å². The van der Waals surface area contributed by atoms with E-state index in [2.05, 4.69) is 31.1 Å². The molecule has 2 aromatic rings. The van der Waals surface area contributed by atoms with Crippen LogP contribution in [0.15, 0.2) is 37.5 Å².